The molecule has 3 nitrogen and oxygen atoms in total. The smallest absolute Gasteiger partial charge is 0.230 e. The summed E-state index contributed by atoms with van der Waals surface area (Å²) >= 11 is 0. The highest BCUT2D eigenvalue weighted by Gasteiger charge is 2.35. The monoisotopic (exact) mass is 275 g/mol. The van der Waals surface area contributed by atoms with E-state index < -0.39 is 0 Å². The van der Waals surface area contributed by atoms with Gasteiger partial charge in [0, 0.05) is 6.54 Å². The number of nitrogens with zero attached hydrogens (tertiary/aromatic N) is 1. The molecule has 1 N–H and O–H groups in total. The number of aliphatic hydroxyl groups excluding tert-OH is 1. The van der Waals surface area contributed by atoms with E-state index in [-0.39, 0.29) is 24.5 Å². The third-order valence-corrected chi connectivity index (χ3v) is 4.51. The van der Waals surface area contributed by atoms with E-state index in [2.05, 4.69) is 13.8 Å². The van der Waals surface area contributed by atoms with Gasteiger partial charge in [-0.1, -0.05) is 50.6 Å². The van der Waals surface area contributed by atoms with Gasteiger partial charge in [0.2, 0.25) is 5.91 Å². The fourth-order valence-corrected chi connectivity index (χ4v) is 3.10. The molecule has 0 bridgehead atoms. The number of hydrogen-bond donors (Lipinski definition) is 1. The third-order valence-electron chi connectivity index (χ3n) is 4.51. The second-order valence-corrected chi connectivity index (χ2v) is 5.78. The maximum absolute atomic E-state index is 12.9. The van der Waals surface area contributed by atoms with Crippen molar-refractivity contribution in [3.05, 3.63) is 35.9 Å². The fourth-order valence-electron chi connectivity index (χ4n) is 3.10. The zero-order chi connectivity index (χ0) is 14.5. The molecule has 0 radical (unpaired) electrons. The van der Waals surface area contributed by atoms with Crippen molar-refractivity contribution in [2.24, 2.45) is 5.92 Å². The van der Waals surface area contributed by atoms with E-state index in [1.807, 2.05) is 35.2 Å². The van der Waals surface area contributed by atoms with Gasteiger partial charge in [0.1, 0.15) is 0 Å². The summed E-state index contributed by atoms with van der Waals surface area (Å²) in [6.07, 6.45) is 2.90. The first-order valence-electron chi connectivity index (χ1n) is 7.65. The van der Waals surface area contributed by atoms with Crippen molar-refractivity contribution in [2.45, 2.75) is 45.1 Å². The standard InChI is InChI=1S/C17H25NO2/c1-3-13(2)16(14-8-5-4-6-9-14)17(20)18-11-7-10-15(18)12-19/h4-6,8-9,13,15-16,19H,3,7,10-12H2,1-2H3/t13?,15-,16?/m0/s1. The lowest BCUT2D eigenvalue weighted by molar-refractivity contribution is -0.135. The SMILES string of the molecule is CCC(C)C(C(=O)N1CCC[C@H]1CO)c1ccccc1. The first kappa shape index (κ1) is 15.0. The summed E-state index contributed by atoms with van der Waals surface area (Å²) in [6.45, 7) is 5.12. The highest BCUT2D eigenvalue weighted by atomic mass is 16.3. The van der Waals surface area contributed by atoms with E-state index in [9.17, 15) is 9.90 Å². The maximum Gasteiger partial charge on any atom is 0.230 e. The predicted octanol–water partition coefficient (Wildman–Crippen LogP) is 2.80. The minimum absolute atomic E-state index is 0.0118. The molecule has 1 aromatic rings. The van der Waals surface area contributed by atoms with Gasteiger partial charge in [-0.15, -0.1) is 0 Å². The van der Waals surface area contributed by atoms with E-state index in [0.717, 1.165) is 31.4 Å². The van der Waals surface area contributed by atoms with Gasteiger partial charge in [-0.3, -0.25) is 4.79 Å². The van der Waals surface area contributed by atoms with Crippen molar-refractivity contribution in [1.82, 2.24) is 4.90 Å². The van der Waals surface area contributed by atoms with Gasteiger partial charge in [0.15, 0.2) is 0 Å². The van der Waals surface area contributed by atoms with Crippen molar-refractivity contribution >= 4 is 5.91 Å². The number of benzene rings is 1. The molecule has 2 rings (SSSR count). The van der Waals surface area contributed by atoms with E-state index in [0.29, 0.717) is 5.92 Å². The molecule has 1 saturated heterocycles. The fraction of sp³-hybridized carbons (Fsp3) is 0.588. The first-order chi connectivity index (χ1) is 9.69. The predicted molar refractivity (Wildman–Crippen MR) is 80.5 cm³/mol. The van der Waals surface area contributed by atoms with E-state index in [1.54, 1.807) is 0 Å². The molecular weight excluding hydrogens is 250 g/mol. The van der Waals surface area contributed by atoms with Crippen LogP contribution in [-0.2, 0) is 4.79 Å². The molecule has 0 spiro atoms. The molecule has 110 valence electrons. The lowest BCUT2D eigenvalue weighted by Gasteiger charge is -2.31. The van der Waals surface area contributed by atoms with Crippen LogP contribution in [0.5, 0.6) is 0 Å². The average molecular weight is 275 g/mol. The van der Waals surface area contributed by atoms with Gasteiger partial charge < -0.3 is 10.0 Å². The van der Waals surface area contributed by atoms with Gasteiger partial charge in [-0.05, 0) is 24.3 Å². The van der Waals surface area contributed by atoms with Crippen LogP contribution in [0.1, 0.15) is 44.6 Å². The van der Waals surface area contributed by atoms with Gasteiger partial charge in [0.25, 0.3) is 0 Å². The van der Waals surface area contributed by atoms with Crippen LogP contribution in [0.25, 0.3) is 0 Å². The molecule has 1 aromatic carbocycles. The summed E-state index contributed by atoms with van der Waals surface area (Å²) in [7, 11) is 0. The zero-order valence-electron chi connectivity index (χ0n) is 12.5. The molecule has 1 aliphatic rings. The lowest BCUT2D eigenvalue weighted by atomic mass is 9.84. The molecule has 20 heavy (non-hydrogen) atoms. The van der Waals surface area contributed by atoms with Crippen LogP contribution in [0.2, 0.25) is 0 Å². The quantitative estimate of drug-likeness (QED) is 0.897. The Balaban J connectivity index is 2.25. The normalized spacial score (nSPS) is 21.8. The number of amides is 1. The molecule has 1 aliphatic heterocycles. The van der Waals surface area contributed by atoms with Crippen molar-refractivity contribution in [3.63, 3.8) is 0 Å². The summed E-state index contributed by atoms with van der Waals surface area (Å²) < 4.78 is 0. The first-order valence-corrected chi connectivity index (χ1v) is 7.65. The van der Waals surface area contributed by atoms with Crippen LogP contribution in [0.3, 0.4) is 0 Å². The summed E-state index contributed by atoms with van der Waals surface area (Å²) in [5, 5.41) is 9.44. The molecule has 2 unspecified atom stereocenters. The summed E-state index contributed by atoms with van der Waals surface area (Å²) in [5.74, 6) is 0.403. The molecule has 1 heterocycles. The van der Waals surface area contributed by atoms with Crippen molar-refractivity contribution in [2.75, 3.05) is 13.2 Å². The van der Waals surface area contributed by atoms with Gasteiger partial charge in [-0.2, -0.15) is 0 Å². The van der Waals surface area contributed by atoms with Crippen molar-refractivity contribution in [1.29, 1.82) is 0 Å². The topological polar surface area (TPSA) is 40.5 Å². The van der Waals surface area contributed by atoms with Crippen LogP contribution >= 0.6 is 0 Å². The van der Waals surface area contributed by atoms with Crippen LogP contribution < -0.4 is 0 Å². The van der Waals surface area contributed by atoms with Crippen LogP contribution in [0.15, 0.2) is 30.3 Å². The maximum atomic E-state index is 12.9. The lowest BCUT2D eigenvalue weighted by Crippen LogP contribution is -2.42. The second-order valence-electron chi connectivity index (χ2n) is 5.78. The van der Waals surface area contributed by atoms with E-state index >= 15 is 0 Å². The molecule has 0 saturated carbocycles. The second kappa shape index (κ2) is 6.89. The number of carbonyl (C=O) groups excluding carboxylic acids is 1. The zero-order valence-corrected chi connectivity index (χ0v) is 12.5. The summed E-state index contributed by atoms with van der Waals surface area (Å²) in [4.78, 5) is 14.8. The number of rotatable bonds is 5. The Labute approximate surface area is 121 Å². The van der Waals surface area contributed by atoms with Crippen LogP contribution in [0.4, 0.5) is 0 Å². The number of aliphatic hydroxyl groups is 1. The highest BCUT2D eigenvalue weighted by molar-refractivity contribution is 5.84. The van der Waals surface area contributed by atoms with E-state index in [1.165, 1.54) is 0 Å². The Hall–Kier alpha value is -1.35. The van der Waals surface area contributed by atoms with Crippen LogP contribution in [0, 0.1) is 5.92 Å². The number of carbonyl (C=O) groups is 1. The van der Waals surface area contributed by atoms with Crippen LogP contribution in [-0.4, -0.2) is 35.1 Å². The Morgan fingerprint density at radius 3 is 2.70 bits per heavy atom. The molecule has 0 aromatic heterocycles. The Bertz CT molecular complexity index is 432. The highest BCUT2D eigenvalue weighted by Crippen LogP contribution is 2.31. The minimum atomic E-state index is -0.0895. The van der Waals surface area contributed by atoms with Gasteiger partial charge >= 0.3 is 0 Å². The molecular formula is C17H25NO2. The van der Waals surface area contributed by atoms with E-state index in [4.69, 9.17) is 0 Å². The minimum Gasteiger partial charge on any atom is -0.394 e. The largest absolute Gasteiger partial charge is 0.394 e. The molecule has 1 fully saturated rings. The average Bonchev–Trinajstić information content (AvgIpc) is 2.96. The Morgan fingerprint density at radius 1 is 1.40 bits per heavy atom. The Kier molecular flexibility index (Phi) is 5.18. The van der Waals surface area contributed by atoms with Crippen molar-refractivity contribution in [3.8, 4) is 0 Å². The van der Waals surface area contributed by atoms with Crippen molar-refractivity contribution < 1.29 is 9.90 Å². The number of likely N-dealkylation sites (tertiary alicyclic amines) is 1. The summed E-state index contributed by atoms with van der Waals surface area (Å²) in [5.41, 5.74) is 1.09. The molecule has 1 amide bonds. The van der Waals surface area contributed by atoms with Gasteiger partial charge in [0.05, 0.1) is 18.6 Å². The molecule has 0 aliphatic carbocycles. The number of hydrogen-bond acceptors (Lipinski definition) is 2. The van der Waals surface area contributed by atoms with Gasteiger partial charge in [-0.25, -0.2) is 0 Å². The third kappa shape index (κ3) is 3.04. The molecule has 3 atom stereocenters. The summed E-state index contributed by atoms with van der Waals surface area (Å²) in [6, 6.07) is 10.1. The Morgan fingerprint density at radius 2 is 2.10 bits per heavy atom. The molecule has 3 heteroatoms.